The van der Waals surface area contributed by atoms with E-state index in [1.54, 1.807) is 11.1 Å². The lowest BCUT2D eigenvalue weighted by molar-refractivity contribution is 0.0989. The predicted octanol–water partition coefficient (Wildman–Crippen LogP) is 2.60. The summed E-state index contributed by atoms with van der Waals surface area (Å²) in [6.45, 7) is 0.595. The molecule has 0 saturated heterocycles. The van der Waals surface area contributed by atoms with Crippen LogP contribution in [0.25, 0.3) is 0 Å². The number of hydrogen-bond acceptors (Lipinski definition) is 4. The molecule has 1 aromatic carbocycles. The van der Waals surface area contributed by atoms with Crippen LogP contribution < -0.4 is 4.90 Å². The van der Waals surface area contributed by atoms with Crippen molar-refractivity contribution in [1.82, 2.24) is 4.98 Å². The zero-order chi connectivity index (χ0) is 13.4. The summed E-state index contributed by atoms with van der Waals surface area (Å²) >= 11 is 4.75. The molecule has 1 aliphatic heterocycles. The third-order valence-electron chi connectivity index (χ3n) is 3.11. The fourth-order valence-corrected chi connectivity index (χ4v) is 3.47. The molecule has 0 spiro atoms. The van der Waals surface area contributed by atoms with Gasteiger partial charge in [0, 0.05) is 22.9 Å². The van der Waals surface area contributed by atoms with Gasteiger partial charge in [-0.05, 0) is 24.1 Å². The van der Waals surface area contributed by atoms with Crippen LogP contribution in [0.4, 0.5) is 5.69 Å². The van der Waals surface area contributed by atoms with Gasteiger partial charge in [0.15, 0.2) is 5.01 Å². The highest BCUT2D eigenvalue weighted by molar-refractivity contribution is 9.10. The topological polar surface area (TPSA) is 53.4 Å². The molecule has 1 aliphatic rings. The zero-order valence-electron chi connectivity index (χ0n) is 9.97. The van der Waals surface area contributed by atoms with Gasteiger partial charge in [0.25, 0.3) is 5.91 Å². The molecule has 0 radical (unpaired) electrons. The number of aliphatic hydroxyl groups excluding tert-OH is 1. The van der Waals surface area contributed by atoms with E-state index in [0.717, 1.165) is 22.1 Å². The van der Waals surface area contributed by atoms with Crippen molar-refractivity contribution < 1.29 is 9.90 Å². The second kappa shape index (κ2) is 5.03. The van der Waals surface area contributed by atoms with Gasteiger partial charge in [0.2, 0.25) is 0 Å². The molecule has 0 fully saturated rings. The highest BCUT2D eigenvalue weighted by atomic mass is 79.9. The summed E-state index contributed by atoms with van der Waals surface area (Å²) in [4.78, 5) is 19.0. The van der Waals surface area contributed by atoms with E-state index < -0.39 is 0 Å². The number of carbonyl (C=O) groups is 1. The first-order chi connectivity index (χ1) is 9.20. The average Bonchev–Trinajstić information content (AvgIpc) is 3.05. The maximum atomic E-state index is 12.4. The molecule has 0 bridgehead atoms. The Morgan fingerprint density at radius 3 is 3.11 bits per heavy atom. The Bertz CT molecular complexity index is 641. The molecule has 3 rings (SSSR count). The number of rotatable bonds is 2. The molecule has 1 aromatic heterocycles. The van der Waals surface area contributed by atoms with Gasteiger partial charge in [0.1, 0.15) is 0 Å². The van der Waals surface area contributed by atoms with Crippen LogP contribution in [0, 0.1) is 0 Å². The van der Waals surface area contributed by atoms with Gasteiger partial charge in [-0.2, -0.15) is 0 Å². The minimum absolute atomic E-state index is 0.0763. The van der Waals surface area contributed by atoms with E-state index in [2.05, 4.69) is 20.9 Å². The maximum Gasteiger partial charge on any atom is 0.287 e. The quantitative estimate of drug-likeness (QED) is 0.915. The number of benzene rings is 1. The fourth-order valence-electron chi connectivity index (χ4n) is 2.20. The number of amides is 1. The van der Waals surface area contributed by atoms with Crippen LogP contribution in [-0.2, 0) is 13.0 Å². The molecule has 1 amide bonds. The number of anilines is 1. The molecule has 2 aromatic rings. The maximum absolute atomic E-state index is 12.4. The van der Waals surface area contributed by atoms with E-state index in [9.17, 15) is 4.79 Å². The van der Waals surface area contributed by atoms with Crippen molar-refractivity contribution in [3.63, 3.8) is 0 Å². The third-order valence-corrected chi connectivity index (χ3v) is 4.82. The Labute approximate surface area is 122 Å². The number of fused-ring (bicyclic) bond motifs is 1. The summed E-state index contributed by atoms with van der Waals surface area (Å²) in [5, 5.41) is 9.46. The van der Waals surface area contributed by atoms with Crippen molar-refractivity contribution in [3.8, 4) is 0 Å². The number of aromatic nitrogens is 1. The number of aliphatic hydroxyl groups is 1. The molecular weight excluding hydrogens is 328 g/mol. The first-order valence-electron chi connectivity index (χ1n) is 5.85. The van der Waals surface area contributed by atoms with E-state index in [1.165, 1.54) is 11.3 Å². The number of hydrogen-bond donors (Lipinski definition) is 1. The van der Waals surface area contributed by atoms with Crippen LogP contribution in [0.15, 0.2) is 28.9 Å². The largest absolute Gasteiger partial charge is 0.391 e. The Morgan fingerprint density at radius 2 is 2.37 bits per heavy atom. The number of thiazole rings is 1. The van der Waals surface area contributed by atoms with Gasteiger partial charge in [-0.3, -0.25) is 4.79 Å². The van der Waals surface area contributed by atoms with E-state index in [-0.39, 0.29) is 12.5 Å². The summed E-state index contributed by atoms with van der Waals surface area (Å²) < 4.78 is 1.04. The molecular formula is C13H11BrN2O2S. The van der Waals surface area contributed by atoms with Gasteiger partial charge < -0.3 is 10.0 Å². The van der Waals surface area contributed by atoms with Crippen LogP contribution in [-0.4, -0.2) is 22.5 Å². The van der Waals surface area contributed by atoms with E-state index >= 15 is 0 Å². The third kappa shape index (κ3) is 2.20. The number of nitrogens with zero attached hydrogens (tertiary/aromatic N) is 2. The highest BCUT2D eigenvalue weighted by Gasteiger charge is 2.28. The first-order valence-corrected chi connectivity index (χ1v) is 7.46. The van der Waals surface area contributed by atoms with Crippen molar-refractivity contribution >= 4 is 38.9 Å². The second-order valence-electron chi connectivity index (χ2n) is 4.23. The minimum atomic E-state index is -0.0958. The van der Waals surface area contributed by atoms with Gasteiger partial charge in [-0.1, -0.05) is 22.0 Å². The summed E-state index contributed by atoms with van der Waals surface area (Å²) in [6.07, 6.45) is 2.40. The molecule has 0 atom stereocenters. The van der Waals surface area contributed by atoms with Gasteiger partial charge in [0.05, 0.1) is 11.5 Å². The Hall–Kier alpha value is -1.24. The lowest BCUT2D eigenvalue weighted by Gasteiger charge is -2.15. The lowest BCUT2D eigenvalue weighted by Crippen LogP contribution is -2.28. The van der Waals surface area contributed by atoms with Gasteiger partial charge >= 0.3 is 0 Å². The summed E-state index contributed by atoms with van der Waals surface area (Å²) in [7, 11) is 0. The van der Waals surface area contributed by atoms with E-state index in [4.69, 9.17) is 5.11 Å². The molecule has 98 valence electrons. The van der Waals surface area contributed by atoms with E-state index in [0.29, 0.717) is 16.4 Å². The minimum Gasteiger partial charge on any atom is -0.391 e. The van der Waals surface area contributed by atoms with Crippen LogP contribution in [0.5, 0.6) is 0 Å². The molecule has 1 N–H and O–H groups in total. The molecule has 0 saturated carbocycles. The molecule has 4 nitrogen and oxygen atoms in total. The smallest absolute Gasteiger partial charge is 0.287 e. The monoisotopic (exact) mass is 338 g/mol. The van der Waals surface area contributed by atoms with Crippen molar-refractivity contribution in [2.24, 2.45) is 0 Å². The molecule has 0 aliphatic carbocycles. The van der Waals surface area contributed by atoms with Crippen molar-refractivity contribution in [3.05, 3.63) is 44.3 Å². The fraction of sp³-hybridized carbons (Fsp3) is 0.231. The molecule has 6 heteroatoms. The van der Waals surface area contributed by atoms with Crippen molar-refractivity contribution in [2.75, 3.05) is 11.4 Å². The van der Waals surface area contributed by atoms with Crippen LogP contribution in [0.1, 0.15) is 20.2 Å². The SMILES string of the molecule is O=C(c1ncc(CO)s1)N1CCc2c(Br)cccc21. The van der Waals surface area contributed by atoms with Crippen LogP contribution in [0.3, 0.4) is 0 Å². The van der Waals surface area contributed by atoms with Gasteiger partial charge in [-0.15, -0.1) is 11.3 Å². The Balaban J connectivity index is 1.93. The van der Waals surface area contributed by atoms with Gasteiger partial charge in [-0.25, -0.2) is 4.98 Å². The van der Waals surface area contributed by atoms with Crippen LogP contribution >= 0.6 is 27.3 Å². The van der Waals surface area contributed by atoms with Crippen molar-refractivity contribution in [2.45, 2.75) is 13.0 Å². The summed E-state index contributed by atoms with van der Waals surface area (Å²) in [6, 6.07) is 5.86. The zero-order valence-corrected chi connectivity index (χ0v) is 12.4. The Morgan fingerprint density at radius 1 is 1.53 bits per heavy atom. The summed E-state index contributed by atoms with van der Waals surface area (Å²) in [5.41, 5.74) is 2.11. The van der Waals surface area contributed by atoms with Crippen molar-refractivity contribution in [1.29, 1.82) is 0 Å². The number of carbonyl (C=O) groups excluding carboxylic acids is 1. The molecule has 0 unspecified atom stereocenters. The summed E-state index contributed by atoms with van der Waals surface area (Å²) in [5.74, 6) is -0.0958. The molecule has 2 heterocycles. The Kier molecular flexibility index (Phi) is 3.38. The number of halogens is 1. The van der Waals surface area contributed by atoms with Crippen LogP contribution in [0.2, 0.25) is 0 Å². The second-order valence-corrected chi connectivity index (χ2v) is 6.20. The lowest BCUT2D eigenvalue weighted by atomic mass is 10.2. The first kappa shape index (κ1) is 12.8. The average molecular weight is 339 g/mol. The predicted molar refractivity (Wildman–Crippen MR) is 77.6 cm³/mol. The van der Waals surface area contributed by atoms with E-state index in [1.807, 2.05) is 18.2 Å². The normalized spacial score (nSPS) is 13.7. The highest BCUT2D eigenvalue weighted by Crippen LogP contribution is 2.34. The standard InChI is InChI=1S/C13H11BrN2O2S/c14-10-2-1-3-11-9(10)4-5-16(11)13(18)12-15-6-8(7-17)19-12/h1-3,6,17H,4-5,7H2. The molecule has 19 heavy (non-hydrogen) atoms.